The molecule has 3 heteroatoms. The maximum Gasteiger partial charge on any atom is 0.0340 e. The first-order valence-corrected chi connectivity index (χ1v) is 9.34. The average Bonchev–Trinajstić information content (AvgIpc) is 2.43. The number of thioether (sulfide) groups is 1. The number of rotatable bonds is 6. The van der Waals surface area contributed by atoms with Crippen LogP contribution in [0.25, 0.3) is 0 Å². The molecule has 118 valence electrons. The summed E-state index contributed by atoms with van der Waals surface area (Å²) in [4.78, 5) is 2.55. The molecule has 1 aliphatic rings. The predicted molar refractivity (Wildman–Crippen MR) is 95.4 cm³/mol. The van der Waals surface area contributed by atoms with Gasteiger partial charge in [-0.3, -0.25) is 0 Å². The van der Waals surface area contributed by atoms with Gasteiger partial charge in [-0.1, -0.05) is 36.2 Å². The third kappa shape index (κ3) is 5.01. The van der Waals surface area contributed by atoms with Gasteiger partial charge in [0.05, 0.1) is 0 Å². The van der Waals surface area contributed by atoms with E-state index >= 15 is 0 Å². The van der Waals surface area contributed by atoms with Crippen molar-refractivity contribution in [3.05, 3.63) is 34.9 Å². The summed E-state index contributed by atoms with van der Waals surface area (Å²) in [5.74, 6) is 2.53. The number of hydrogen-bond acceptors (Lipinski definition) is 3. The monoisotopic (exact) mass is 306 g/mol. The summed E-state index contributed by atoms with van der Waals surface area (Å²) in [6, 6.07) is 8.17. The zero-order valence-corrected chi connectivity index (χ0v) is 14.8. The molecule has 0 bridgehead atoms. The van der Waals surface area contributed by atoms with E-state index in [1.165, 1.54) is 41.2 Å². The molecule has 1 saturated heterocycles. The van der Waals surface area contributed by atoms with Crippen LogP contribution in [0.1, 0.15) is 30.0 Å². The van der Waals surface area contributed by atoms with Gasteiger partial charge in [0.15, 0.2) is 0 Å². The summed E-state index contributed by atoms with van der Waals surface area (Å²) in [5, 5.41) is 3.80. The number of likely N-dealkylation sites (N-methyl/N-ethyl adjacent to an activating group) is 1. The molecule has 2 unspecified atom stereocenters. The van der Waals surface area contributed by atoms with Crippen molar-refractivity contribution < 1.29 is 0 Å². The Hall–Kier alpha value is -0.510. The number of nitrogens with one attached hydrogen (secondary N) is 1. The summed E-state index contributed by atoms with van der Waals surface area (Å²) >= 11 is 2.10. The highest BCUT2D eigenvalue weighted by atomic mass is 32.2. The Morgan fingerprint density at radius 1 is 1.29 bits per heavy atom. The number of nitrogens with zero attached hydrogens (tertiary/aromatic N) is 1. The fourth-order valence-corrected chi connectivity index (χ4v) is 4.56. The van der Waals surface area contributed by atoms with Crippen molar-refractivity contribution in [2.45, 2.75) is 45.7 Å². The van der Waals surface area contributed by atoms with E-state index in [4.69, 9.17) is 0 Å². The maximum atomic E-state index is 3.80. The molecule has 0 amide bonds. The van der Waals surface area contributed by atoms with Crippen LogP contribution < -0.4 is 5.32 Å². The van der Waals surface area contributed by atoms with Crippen molar-refractivity contribution >= 4 is 11.8 Å². The van der Waals surface area contributed by atoms with E-state index in [2.05, 4.69) is 68.0 Å². The van der Waals surface area contributed by atoms with Crippen molar-refractivity contribution in [1.29, 1.82) is 0 Å². The Morgan fingerprint density at radius 2 is 2.00 bits per heavy atom. The number of benzene rings is 1. The standard InChI is InChI=1S/C18H30N2S/c1-5-6-19-17(18-13-21-8-7-20(18)4)12-16-10-14(2)9-15(3)11-16/h9-11,17-19H,5-8,12-13H2,1-4H3. The summed E-state index contributed by atoms with van der Waals surface area (Å²) in [6.45, 7) is 8.98. The Labute approximate surface area is 134 Å². The van der Waals surface area contributed by atoms with E-state index < -0.39 is 0 Å². The molecule has 1 fully saturated rings. The molecule has 1 heterocycles. The lowest BCUT2D eigenvalue weighted by molar-refractivity contribution is 0.213. The highest BCUT2D eigenvalue weighted by Gasteiger charge is 2.27. The molecule has 2 nitrogen and oxygen atoms in total. The van der Waals surface area contributed by atoms with Crippen LogP contribution in [-0.2, 0) is 6.42 Å². The van der Waals surface area contributed by atoms with Gasteiger partial charge in [0.1, 0.15) is 0 Å². The SMILES string of the molecule is CCCNC(Cc1cc(C)cc(C)c1)C1CSCCN1C. The third-order valence-electron chi connectivity index (χ3n) is 4.30. The summed E-state index contributed by atoms with van der Waals surface area (Å²) in [7, 11) is 2.28. The molecule has 1 aromatic rings. The van der Waals surface area contributed by atoms with Crippen molar-refractivity contribution in [2.24, 2.45) is 0 Å². The summed E-state index contributed by atoms with van der Waals surface area (Å²) in [6.07, 6.45) is 2.34. The molecular formula is C18H30N2S. The predicted octanol–water partition coefficient (Wildman–Crippen LogP) is 3.26. The Kier molecular flexibility index (Phi) is 6.59. The van der Waals surface area contributed by atoms with Gasteiger partial charge in [-0.2, -0.15) is 11.8 Å². The zero-order valence-electron chi connectivity index (χ0n) is 14.0. The van der Waals surface area contributed by atoms with Crippen LogP contribution in [0, 0.1) is 13.8 Å². The minimum Gasteiger partial charge on any atom is -0.312 e. The smallest absolute Gasteiger partial charge is 0.0340 e. The molecule has 2 atom stereocenters. The molecule has 21 heavy (non-hydrogen) atoms. The first-order valence-electron chi connectivity index (χ1n) is 8.18. The minimum atomic E-state index is 0.559. The average molecular weight is 307 g/mol. The lowest BCUT2D eigenvalue weighted by Gasteiger charge is -2.38. The highest BCUT2D eigenvalue weighted by molar-refractivity contribution is 7.99. The second-order valence-corrected chi connectivity index (χ2v) is 7.53. The molecule has 1 aromatic carbocycles. The lowest BCUT2D eigenvalue weighted by Crippen LogP contribution is -2.53. The molecule has 2 rings (SSSR count). The van der Waals surface area contributed by atoms with Crippen LogP contribution in [0.15, 0.2) is 18.2 Å². The van der Waals surface area contributed by atoms with E-state index in [-0.39, 0.29) is 0 Å². The van der Waals surface area contributed by atoms with Gasteiger partial charge in [0.25, 0.3) is 0 Å². The van der Waals surface area contributed by atoms with Gasteiger partial charge in [-0.15, -0.1) is 0 Å². The second kappa shape index (κ2) is 8.21. The Balaban J connectivity index is 2.11. The second-order valence-electron chi connectivity index (χ2n) is 6.38. The van der Waals surface area contributed by atoms with Gasteiger partial charge in [-0.05, 0) is 45.8 Å². The Bertz CT molecular complexity index is 427. The van der Waals surface area contributed by atoms with Crippen LogP contribution in [0.5, 0.6) is 0 Å². The van der Waals surface area contributed by atoms with Crippen molar-refractivity contribution in [3.63, 3.8) is 0 Å². The normalized spacial score (nSPS) is 21.4. The summed E-state index contributed by atoms with van der Waals surface area (Å²) in [5.41, 5.74) is 4.24. The molecule has 0 saturated carbocycles. The number of hydrogen-bond donors (Lipinski definition) is 1. The van der Waals surface area contributed by atoms with E-state index in [1.807, 2.05) is 0 Å². The summed E-state index contributed by atoms with van der Waals surface area (Å²) < 4.78 is 0. The Morgan fingerprint density at radius 3 is 2.62 bits per heavy atom. The molecule has 0 aromatic heterocycles. The molecule has 1 aliphatic heterocycles. The topological polar surface area (TPSA) is 15.3 Å². The van der Waals surface area contributed by atoms with Gasteiger partial charge in [-0.25, -0.2) is 0 Å². The minimum absolute atomic E-state index is 0.559. The van der Waals surface area contributed by atoms with Gasteiger partial charge in [0.2, 0.25) is 0 Å². The third-order valence-corrected chi connectivity index (χ3v) is 5.35. The van der Waals surface area contributed by atoms with Gasteiger partial charge >= 0.3 is 0 Å². The van der Waals surface area contributed by atoms with Crippen LogP contribution in [0.2, 0.25) is 0 Å². The molecular weight excluding hydrogens is 276 g/mol. The van der Waals surface area contributed by atoms with Gasteiger partial charge in [0, 0.05) is 30.1 Å². The van der Waals surface area contributed by atoms with Crippen LogP contribution in [-0.4, -0.2) is 48.6 Å². The largest absolute Gasteiger partial charge is 0.312 e. The van der Waals surface area contributed by atoms with Crippen molar-refractivity contribution in [2.75, 3.05) is 31.6 Å². The lowest BCUT2D eigenvalue weighted by atomic mass is 9.96. The van der Waals surface area contributed by atoms with Crippen molar-refractivity contribution in [3.8, 4) is 0 Å². The quantitative estimate of drug-likeness (QED) is 0.868. The van der Waals surface area contributed by atoms with E-state index in [0.29, 0.717) is 12.1 Å². The molecule has 1 N–H and O–H groups in total. The first-order chi connectivity index (χ1) is 10.1. The number of aryl methyl sites for hydroxylation is 2. The van der Waals surface area contributed by atoms with E-state index in [1.54, 1.807) is 0 Å². The van der Waals surface area contributed by atoms with Crippen LogP contribution >= 0.6 is 11.8 Å². The molecule has 0 radical (unpaired) electrons. The molecule has 0 aliphatic carbocycles. The van der Waals surface area contributed by atoms with Crippen LogP contribution in [0.4, 0.5) is 0 Å². The fourth-order valence-electron chi connectivity index (χ4n) is 3.24. The maximum absolute atomic E-state index is 3.80. The van der Waals surface area contributed by atoms with E-state index in [0.717, 1.165) is 13.0 Å². The van der Waals surface area contributed by atoms with Gasteiger partial charge < -0.3 is 10.2 Å². The fraction of sp³-hybridized carbons (Fsp3) is 0.667. The van der Waals surface area contributed by atoms with Crippen LogP contribution in [0.3, 0.4) is 0 Å². The molecule has 0 spiro atoms. The van der Waals surface area contributed by atoms with E-state index in [9.17, 15) is 0 Å². The zero-order chi connectivity index (χ0) is 15.2. The van der Waals surface area contributed by atoms with Crippen molar-refractivity contribution in [1.82, 2.24) is 10.2 Å². The highest BCUT2D eigenvalue weighted by Crippen LogP contribution is 2.21. The first kappa shape index (κ1) is 16.9.